The molecular formula is C11H10O7S. The molecule has 1 aromatic carbocycles. The van der Waals surface area contributed by atoms with Gasteiger partial charge in [0.05, 0.1) is 11.1 Å². The molecule has 102 valence electrons. The van der Waals surface area contributed by atoms with Gasteiger partial charge in [0.25, 0.3) is 10.1 Å². The zero-order valence-electron chi connectivity index (χ0n) is 9.53. The van der Waals surface area contributed by atoms with E-state index >= 15 is 0 Å². The van der Waals surface area contributed by atoms with E-state index in [4.69, 9.17) is 14.8 Å². The number of hydrogen-bond acceptors (Lipinski definition) is 4. The maximum atomic E-state index is 11.2. The summed E-state index contributed by atoms with van der Waals surface area (Å²) >= 11 is 0. The van der Waals surface area contributed by atoms with Gasteiger partial charge in [-0.25, -0.2) is 9.59 Å². The molecule has 19 heavy (non-hydrogen) atoms. The summed E-state index contributed by atoms with van der Waals surface area (Å²) in [5, 5.41) is 17.9. The molecule has 8 heteroatoms. The molecule has 0 heterocycles. The predicted octanol–water partition coefficient (Wildman–Crippen LogP) is 1.06. The standard InChI is InChI=1S/C11H10O7S/c1-2-3-6-4-5-7(10(12)13)9(19(16,17)18)8(6)11(14)15/h2,4-5H,1,3H2,(H,12,13)(H,14,15)(H,16,17,18). The lowest BCUT2D eigenvalue weighted by Crippen LogP contribution is -2.16. The van der Waals surface area contributed by atoms with Gasteiger partial charge in [0.2, 0.25) is 0 Å². The Balaban J connectivity index is 3.87. The second kappa shape index (κ2) is 5.21. The number of carbonyl (C=O) groups is 2. The third-order valence-corrected chi connectivity index (χ3v) is 3.25. The predicted molar refractivity (Wildman–Crippen MR) is 64.1 cm³/mol. The first-order valence-electron chi connectivity index (χ1n) is 4.91. The van der Waals surface area contributed by atoms with Gasteiger partial charge < -0.3 is 10.2 Å². The summed E-state index contributed by atoms with van der Waals surface area (Å²) in [5.41, 5.74) is -1.52. The van der Waals surface area contributed by atoms with E-state index in [1.54, 1.807) is 0 Å². The average Bonchev–Trinajstić information content (AvgIpc) is 2.26. The molecule has 0 aliphatic heterocycles. The van der Waals surface area contributed by atoms with Crippen molar-refractivity contribution in [3.05, 3.63) is 41.5 Å². The largest absolute Gasteiger partial charge is 0.478 e. The first-order valence-corrected chi connectivity index (χ1v) is 6.35. The van der Waals surface area contributed by atoms with E-state index in [1.165, 1.54) is 12.1 Å². The van der Waals surface area contributed by atoms with Gasteiger partial charge in [0, 0.05) is 0 Å². The molecular weight excluding hydrogens is 276 g/mol. The fraction of sp³-hybridized carbons (Fsp3) is 0.0909. The van der Waals surface area contributed by atoms with Crippen LogP contribution < -0.4 is 0 Å². The molecule has 0 spiro atoms. The van der Waals surface area contributed by atoms with Crippen LogP contribution in [0, 0.1) is 0 Å². The van der Waals surface area contributed by atoms with Gasteiger partial charge in [-0.3, -0.25) is 4.55 Å². The molecule has 0 radical (unpaired) electrons. The molecule has 1 rings (SSSR count). The Kier molecular flexibility index (Phi) is 4.07. The number of aromatic carboxylic acids is 2. The summed E-state index contributed by atoms with van der Waals surface area (Å²) in [6.07, 6.45) is 1.35. The summed E-state index contributed by atoms with van der Waals surface area (Å²) < 4.78 is 31.5. The number of allylic oxidation sites excluding steroid dienone is 1. The molecule has 0 amide bonds. The lowest BCUT2D eigenvalue weighted by molar-refractivity contribution is 0.0688. The first-order chi connectivity index (χ1) is 8.70. The van der Waals surface area contributed by atoms with Gasteiger partial charge in [-0.1, -0.05) is 12.1 Å². The summed E-state index contributed by atoms with van der Waals surface area (Å²) in [5.74, 6) is -3.30. The van der Waals surface area contributed by atoms with E-state index in [0.717, 1.165) is 6.07 Å². The highest BCUT2D eigenvalue weighted by Gasteiger charge is 2.29. The number of carboxylic acids is 2. The van der Waals surface area contributed by atoms with Crippen LogP contribution in [-0.2, 0) is 16.5 Å². The van der Waals surface area contributed by atoms with Crippen LogP contribution in [0.25, 0.3) is 0 Å². The van der Waals surface area contributed by atoms with Crippen LogP contribution in [0.3, 0.4) is 0 Å². The van der Waals surface area contributed by atoms with Gasteiger partial charge in [0.1, 0.15) is 4.90 Å². The maximum absolute atomic E-state index is 11.2. The topological polar surface area (TPSA) is 129 Å². The van der Waals surface area contributed by atoms with Crippen LogP contribution in [0.4, 0.5) is 0 Å². The highest BCUT2D eigenvalue weighted by atomic mass is 32.2. The van der Waals surface area contributed by atoms with Crippen molar-refractivity contribution < 1.29 is 32.8 Å². The molecule has 0 bridgehead atoms. The Labute approximate surface area is 108 Å². The monoisotopic (exact) mass is 286 g/mol. The van der Waals surface area contributed by atoms with Crippen molar-refractivity contribution >= 4 is 22.1 Å². The van der Waals surface area contributed by atoms with E-state index < -0.39 is 38.1 Å². The minimum atomic E-state index is -4.99. The van der Waals surface area contributed by atoms with Crippen molar-refractivity contribution in [2.75, 3.05) is 0 Å². The zero-order valence-corrected chi connectivity index (χ0v) is 10.3. The Morgan fingerprint density at radius 1 is 1.21 bits per heavy atom. The van der Waals surface area contributed by atoms with Gasteiger partial charge in [-0.15, -0.1) is 6.58 Å². The van der Waals surface area contributed by atoms with Crippen LogP contribution in [0.1, 0.15) is 26.3 Å². The van der Waals surface area contributed by atoms with E-state index in [1.807, 2.05) is 0 Å². The number of rotatable bonds is 5. The Bertz CT molecular complexity index is 658. The number of benzene rings is 1. The average molecular weight is 286 g/mol. The lowest BCUT2D eigenvalue weighted by atomic mass is 10.0. The summed E-state index contributed by atoms with van der Waals surface area (Å²) in [4.78, 5) is 20.9. The molecule has 0 atom stereocenters. The van der Waals surface area contributed by atoms with Crippen LogP contribution in [0.15, 0.2) is 29.7 Å². The quantitative estimate of drug-likeness (QED) is 0.545. The van der Waals surface area contributed by atoms with E-state index in [2.05, 4.69) is 6.58 Å². The third kappa shape index (κ3) is 2.98. The lowest BCUT2D eigenvalue weighted by Gasteiger charge is -2.11. The number of carboxylic acid groups (broad SMARTS) is 2. The molecule has 0 aromatic heterocycles. The van der Waals surface area contributed by atoms with Crippen LogP contribution in [0.5, 0.6) is 0 Å². The summed E-state index contributed by atoms with van der Waals surface area (Å²) in [6, 6.07) is 2.10. The second-order valence-corrected chi connectivity index (χ2v) is 4.91. The van der Waals surface area contributed by atoms with Crippen LogP contribution in [0.2, 0.25) is 0 Å². The summed E-state index contributed by atoms with van der Waals surface area (Å²) in [7, 11) is -4.99. The van der Waals surface area contributed by atoms with Gasteiger partial charge >= 0.3 is 11.9 Å². The number of hydrogen-bond donors (Lipinski definition) is 3. The fourth-order valence-corrected chi connectivity index (χ4v) is 2.53. The fourth-order valence-electron chi connectivity index (χ4n) is 1.62. The van der Waals surface area contributed by atoms with E-state index in [0.29, 0.717) is 0 Å². The van der Waals surface area contributed by atoms with Crippen molar-refractivity contribution in [1.82, 2.24) is 0 Å². The van der Waals surface area contributed by atoms with Crippen molar-refractivity contribution in [3.8, 4) is 0 Å². The molecule has 0 saturated heterocycles. The highest BCUT2D eigenvalue weighted by Crippen LogP contribution is 2.25. The molecule has 0 aliphatic carbocycles. The summed E-state index contributed by atoms with van der Waals surface area (Å²) in [6.45, 7) is 3.38. The molecule has 0 fully saturated rings. The first kappa shape index (κ1) is 14.9. The molecule has 0 saturated carbocycles. The zero-order chi connectivity index (χ0) is 14.8. The van der Waals surface area contributed by atoms with Gasteiger partial charge in [-0.05, 0) is 18.1 Å². The Hall–Kier alpha value is -2.19. The molecule has 3 N–H and O–H groups in total. The van der Waals surface area contributed by atoms with E-state index in [-0.39, 0.29) is 12.0 Å². The Morgan fingerprint density at radius 3 is 2.16 bits per heavy atom. The highest BCUT2D eigenvalue weighted by molar-refractivity contribution is 7.86. The second-order valence-electron chi connectivity index (χ2n) is 3.55. The van der Waals surface area contributed by atoms with Gasteiger partial charge in [0.15, 0.2) is 0 Å². The van der Waals surface area contributed by atoms with E-state index in [9.17, 15) is 18.0 Å². The molecule has 0 unspecified atom stereocenters. The minimum absolute atomic E-state index is 0.0179. The third-order valence-electron chi connectivity index (χ3n) is 2.31. The smallest absolute Gasteiger partial charge is 0.337 e. The molecule has 1 aromatic rings. The molecule has 7 nitrogen and oxygen atoms in total. The molecule has 0 aliphatic rings. The Morgan fingerprint density at radius 2 is 1.79 bits per heavy atom. The van der Waals surface area contributed by atoms with Gasteiger partial charge in [-0.2, -0.15) is 8.42 Å². The van der Waals surface area contributed by atoms with Crippen molar-refractivity contribution in [2.24, 2.45) is 0 Å². The van der Waals surface area contributed by atoms with Crippen LogP contribution >= 0.6 is 0 Å². The normalized spacial score (nSPS) is 11.0. The minimum Gasteiger partial charge on any atom is -0.478 e. The van der Waals surface area contributed by atoms with Crippen molar-refractivity contribution in [2.45, 2.75) is 11.3 Å². The maximum Gasteiger partial charge on any atom is 0.337 e. The van der Waals surface area contributed by atoms with Crippen molar-refractivity contribution in [3.63, 3.8) is 0 Å². The SMILES string of the molecule is C=CCc1ccc(C(=O)O)c(S(=O)(=O)O)c1C(=O)O. The van der Waals surface area contributed by atoms with Crippen molar-refractivity contribution in [1.29, 1.82) is 0 Å². The van der Waals surface area contributed by atoms with Crippen LogP contribution in [-0.4, -0.2) is 35.1 Å².